The summed E-state index contributed by atoms with van der Waals surface area (Å²) < 4.78 is 0. The van der Waals surface area contributed by atoms with E-state index in [1.807, 2.05) is 36.2 Å². The van der Waals surface area contributed by atoms with E-state index < -0.39 is 5.60 Å². The normalized spacial score (nSPS) is 16.8. The van der Waals surface area contributed by atoms with Crippen molar-refractivity contribution in [1.82, 2.24) is 4.98 Å². The summed E-state index contributed by atoms with van der Waals surface area (Å²) in [4.78, 5) is 6.34. The lowest BCUT2D eigenvalue weighted by molar-refractivity contribution is 0.0560. The number of hydrogen-bond donors (Lipinski definition) is 1. The van der Waals surface area contributed by atoms with Crippen LogP contribution in [0.5, 0.6) is 0 Å². The first-order valence-corrected chi connectivity index (χ1v) is 7.34. The van der Waals surface area contributed by atoms with Crippen LogP contribution in [0.4, 0.5) is 5.69 Å². The van der Waals surface area contributed by atoms with Crippen LogP contribution in [0.3, 0.4) is 0 Å². The molecule has 0 aliphatic heterocycles. The largest absolute Gasteiger partial charge is 0.388 e. The van der Waals surface area contributed by atoms with Gasteiger partial charge in [-0.05, 0) is 18.9 Å². The van der Waals surface area contributed by atoms with Gasteiger partial charge in [-0.3, -0.25) is 4.98 Å². The summed E-state index contributed by atoms with van der Waals surface area (Å²) in [7, 11) is 1.94. The lowest BCUT2D eigenvalue weighted by Crippen LogP contribution is -2.39. The summed E-state index contributed by atoms with van der Waals surface area (Å²) in [6, 6.07) is 10.0. The third-order valence-corrected chi connectivity index (χ3v) is 4.31. The van der Waals surface area contributed by atoms with Gasteiger partial charge in [-0.2, -0.15) is 5.26 Å². The zero-order chi connectivity index (χ0) is 14.9. The molecule has 1 fully saturated rings. The topological polar surface area (TPSA) is 60.1 Å². The van der Waals surface area contributed by atoms with Crippen molar-refractivity contribution in [1.29, 1.82) is 5.26 Å². The lowest BCUT2D eigenvalue weighted by atomic mass is 10.0. The second-order valence-corrected chi connectivity index (χ2v) is 5.94. The fraction of sp³-hybridized carbons (Fsp3) is 0.412. The Bertz CT molecular complexity index is 699. The fourth-order valence-electron chi connectivity index (χ4n) is 3.33. The number of para-hydroxylation sites is 1. The summed E-state index contributed by atoms with van der Waals surface area (Å²) in [5.41, 5.74) is 1.66. The Hall–Kier alpha value is -2.12. The van der Waals surface area contributed by atoms with Gasteiger partial charge in [0.1, 0.15) is 6.07 Å². The smallest absolute Gasteiger partial charge is 0.103 e. The van der Waals surface area contributed by atoms with E-state index in [2.05, 4.69) is 11.1 Å². The van der Waals surface area contributed by atoms with E-state index in [4.69, 9.17) is 0 Å². The number of hydrogen-bond acceptors (Lipinski definition) is 4. The summed E-state index contributed by atoms with van der Waals surface area (Å²) in [6.07, 6.45) is 5.44. The molecule has 108 valence electrons. The Morgan fingerprint density at radius 1 is 1.33 bits per heavy atom. The van der Waals surface area contributed by atoms with Gasteiger partial charge in [-0.1, -0.05) is 31.0 Å². The summed E-state index contributed by atoms with van der Waals surface area (Å²) in [6.45, 7) is 0.551. The molecule has 0 amide bonds. The van der Waals surface area contributed by atoms with Crippen LogP contribution in [0, 0.1) is 11.3 Å². The van der Waals surface area contributed by atoms with Crippen molar-refractivity contribution in [3.05, 3.63) is 36.0 Å². The van der Waals surface area contributed by atoms with Gasteiger partial charge in [0.15, 0.2) is 0 Å². The number of benzene rings is 1. The average Bonchev–Trinajstić information content (AvgIpc) is 2.92. The maximum absolute atomic E-state index is 10.6. The van der Waals surface area contributed by atoms with Gasteiger partial charge in [0.05, 0.1) is 22.4 Å². The molecule has 4 nitrogen and oxygen atoms in total. The van der Waals surface area contributed by atoms with Gasteiger partial charge in [-0.15, -0.1) is 0 Å². The molecular formula is C17H19N3O. The summed E-state index contributed by atoms with van der Waals surface area (Å²) in [5.74, 6) is 0. The fourth-order valence-corrected chi connectivity index (χ4v) is 3.33. The van der Waals surface area contributed by atoms with E-state index in [0.717, 1.165) is 42.3 Å². The van der Waals surface area contributed by atoms with Crippen molar-refractivity contribution in [3.8, 4) is 6.07 Å². The van der Waals surface area contributed by atoms with Crippen molar-refractivity contribution in [2.45, 2.75) is 31.3 Å². The van der Waals surface area contributed by atoms with Crippen molar-refractivity contribution < 1.29 is 5.11 Å². The second-order valence-electron chi connectivity index (χ2n) is 5.94. The molecule has 1 heterocycles. The van der Waals surface area contributed by atoms with Crippen LogP contribution in [-0.4, -0.2) is 29.3 Å². The number of likely N-dealkylation sites (N-methyl/N-ethyl adjacent to an activating group) is 1. The van der Waals surface area contributed by atoms with Crippen molar-refractivity contribution in [3.63, 3.8) is 0 Å². The SMILES string of the molecule is CN(CC1(O)CCCC1)c1c(C#N)cnc2ccccc12. The molecule has 0 spiro atoms. The molecule has 2 aromatic rings. The molecule has 0 saturated heterocycles. The minimum Gasteiger partial charge on any atom is -0.388 e. The quantitative estimate of drug-likeness (QED) is 0.939. The minimum absolute atomic E-state index is 0.551. The predicted octanol–water partition coefficient (Wildman–Crippen LogP) is 2.85. The lowest BCUT2D eigenvalue weighted by Gasteiger charge is -2.31. The Labute approximate surface area is 124 Å². The third-order valence-electron chi connectivity index (χ3n) is 4.31. The molecule has 0 bridgehead atoms. The van der Waals surface area contributed by atoms with Gasteiger partial charge < -0.3 is 10.0 Å². The van der Waals surface area contributed by atoms with Crippen LogP contribution >= 0.6 is 0 Å². The molecule has 1 aromatic heterocycles. The minimum atomic E-state index is -0.633. The molecule has 1 aromatic carbocycles. The maximum Gasteiger partial charge on any atom is 0.103 e. The zero-order valence-electron chi connectivity index (χ0n) is 12.2. The van der Waals surface area contributed by atoms with Gasteiger partial charge in [-0.25, -0.2) is 0 Å². The highest BCUT2D eigenvalue weighted by atomic mass is 16.3. The highest BCUT2D eigenvalue weighted by Gasteiger charge is 2.33. The molecule has 0 atom stereocenters. The number of aromatic nitrogens is 1. The number of rotatable bonds is 3. The molecule has 3 rings (SSSR count). The number of aliphatic hydroxyl groups is 1. The third kappa shape index (κ3) is 2.57. The number of pyridine rings is 1. The molecule has 0 radical (unpaired) electrons. The zero-order valence-corrected chi connectivity index (χ0v) is 12.2. The van der Waals surface area contributed by atoms with Crippen molar-refractivity contribution in [2.75, 3.05) is 18.5 Å². The molecule has 0 unspecified atom stereocenters. The number of nitriles is 1. The van der Waals surface area contributed by atoms with E-state index in [1.54, 1.807) is 6.20 Å². The van der Waals surface area contributed by atoms with E-state index >= 15 is 0 Å². The molecule has 4 heteroatoms. The van der Waals surface area contributed by atoms with Crippen molar-refractivity contribution >= 4 is 16.6 Å². The van der Waals surface area contributed by atoms with Gasteiger partial charge in [0.25, 0.3) is 0 Å². The van der Waals surface area contributed by atoms with Crippen molar-refractivity contribution in [2.24, 2.45) is 0 Å². The molecule has 1 aliphatic carbocycles. The van der Waals surface area contributed by atoms with E-state index in [1.165, 1.54) is 0 Å². The first-order valence-electron chi connectivity index (χ1n) is 7.34. The van der Waals surface area contributed by atoms with Crippen LogP contribution in [0.25, 0.3) is 10.9 Å². The summed E-state index contributed by atoms with van der Waals surface area (Å²) in [5, 5.41) is 21.0. The monoisotopic (exact) mass is 281 g/mol. The van der Waals surface area contributed by atoms with E-state index in [0.29, 0.717) is 12.1 Å². The Morgan fingerprint density at radius 2 is 2.05 bits per heavy atom. The maximum atomic E-state index is 10.6. The number of nitrogens with zero attached hydrogens (tertiary/aromatic N) is 3. The highest BCUT2D eigenvalue weighted by molar-refractivity contribution is 5.94. The van der Waals surface area contributed by atoms with Gasteiger partial charge in [0, 0.05) is 25.2 Å². The van der Waals surface area contributed by atoms with Crippen LogP contribution in [-0.2, 0) is 0 Å². The van der Waals surface area contributed by atoms with Crippen LogP contribution in [0.15, 0.2) is 30.5 Å². The molecule has 1 N–H and O–H groups in total. The first kappa shape index (κ1) is 13.8. The average molecular weight is 281 g/mol. The Kier molecular flexibility index (Phi) is 3.52. The van der Waals surface area contributed by atoms with Crippen LogP contribution < -0.4 is 4.90 Å². The van der Waals surface area contributed by atoms with Gasteiger partial charge >= 0.3 is 0 Å². The molecule has 1 saturated carbocycles. The standard InChI is InChI=1S/C17H19N3O/c1-20(12-17(21)8-4-5-9-17)16-13(10-18)11-19-15-7-3-2-6-14(15)16/h2-3,6-7,11,21H,4-5,8-9,12H2,1H3. The molecular weight excluding hydrogens is 262 g/mol. The van der Waals surface area contributed by atoms with Gasteiger partial charge in [0.2, 0.25) is 0 Å². The number of fused-ring (bicyclic) bond motifs is 1. The van der Waals surface area contributed by atoms with E-state index in [-0.39, 0.29) is 0 Å². The summed E-state index contributed by atoms with van der Waals surface area (Å²) >= 11 is 0. The second kappa shape index (κ2) is 5.34. The molecule has 1 aliphatic rings. The predicted molar refractivity (Wildman–Crippen MR) is 83.1 cm³/mol. The van der Waals surface area contributed by atoms with Crippen LogP contribution in [0.1, 0.15) is 31.2 Å². The van der Waals surface area contributed by atoms with E-state index in [9.17, 15) is 10.4 Å². The highest BCUT2D eigenvalue weighted by Crippen LogP contribution is 2.34. The Balaban J connectivity index is 2.03. The molecule has 21 heavy (non-hydrogen) atoms. The number of anilines is 1. The van der Waals surface area contributed by atoms with Crippen LogP contribution in [0.2, 0.25) is 0 Å². The Morgan fingerprint density at radius 3 is 2.76 bits per heavy atom. The first-order chi connectivity index (χ1) is 10.1.